The molecule has 35 heavy (non-hydrogen) atoms. The predicted molar refractivity (Wildman–Crippen MR) is 138 cm³/mol. The first-order valence-corrected chi connectivity index (χ1v) is 12.1. The molecule has 2 aromatic carbocycles. The summed E-state index contributed by atoms with van der Waals surface area (Å²) in [6, 6.07) is 18.4. The van der Waals surface area contributed by atoms with E-state index >= 15 is 0 Å². The number of aromatic nitrogens is 3. The van der Waals surface area contributed by atoms with Crippen molar-refractivity contribution in [2.75, 3.05) is 27.2 Å². The first-order valence-electron chi connectivity index (χ1n) is 12.1. The van der Waals surface area contributed by atoms with Crippen LogP contribution in [0.2, 0.25) is 0 Å². The van der Waals surface area contributed by atoms with Gasteiger partial charge in [-0.2, -0.15) is 5.10 Å². The van der Waals surface area contributed by atoms with Gasteiger partial charge in [-0.25, -0.2) is 4.98 Å². The third-order valence-electron chi connectivity index (χ3n) is 6.96. The average Bonchev–Trinajstić information content (AvgIpc) is 3.32. The Labute approximate surface area is 205 Å². The molecule has 0 radical (unpaired) electrons. The van der Waals surface area contributed by atoms with Crippen LogP contribution in [0.5, 0.6) is 5.75 Å². The number of nitrogens with zero attached hydrogens (tertiary/aromatic N) is 3. The van der Waals surface area contributed by atoms with Crippen molar-refractivity contribution in [2.45, 2.75) is 31.7 Å². The average molecular weight is 470 g/mol. The predicted octanol–water partition coefficient (Wildman–Crippen LogP) is 4.61. The van der Waals surface area contributed by atoms with Crippen molar-refractivity contribution in [3.8, 4) is 28.1 Å². The molecule has 3 heterocycles. The first kappa shape index (κ1) is 23.1. The van der Waals surface area contributed by atoms with E-state index in [9.17, 15) is 4.79 Å². The highest BCUT2D eigenvalue weighted by molar-refractivity contribution is 5.95. The third-order valence-corrected chi connectivity index (χ3v) is 6.96. The van der Waals surface area contributed by atoms with E-state index in [2.05, 4.69) is 50.6 Å². The maximum absolute atomic E-state index is 13.0. The lowest BCUT2D eigenvalue weighted by Gasteiger charge is -2.30. The van der Waals surface area contributed by atoms with Gasteiger partial charge in [-0.1, -0.05) is 36.4 Å². The number of piperidine rings is 1. The number of carbonyl (C=O) groups excluding carboxylic acids is 1. The molecule has 5 rings (SSSR count). The first-order chi connectivity index (χ1) is 17.0. The van der Waals surface area contributed by atoms with Crippen LogP contribution in [-0.4, -0.2) is 59.3 Å². The second-order valence-electron chi connectivity index (χ2n) is 9.33. The maximum Gasteiger partial charge on any atom is 0.227 e. The molecule has 1 atom stereocenters. The van der Waals surface area contributed by atoms with E-state index in [1.807, 2.05) is 49.5 Å². The molecule has 0 spiro atoms. The fourth-order valence-corrected chi connectivity index (χ4v) is 4.73. The summed E-state index contributed by atoms with van der Waals surface area (Å²) in [7, 11) is 3.79. The monoisotopic (exact) mass is 469 g/mol. The Morgan fingerprint density at radius 1 is 1.11 bits per heavy atom. The number of H-pyrrole nitrogens is 1. The van der Waals surface area contributed by atoms with E-state index in [0.717, 1.165) is 65.0 Å². The highest BCUT2D eigenvalue weighted by atomic mass is 16.5. The number of fused-ring (bicyclic) bond motifs is 1. The van der Waals surface area contributed by atoms with Crippen LogP contribution in [0.3, 0.4) is 0 Å². The van der Waals surface area contributed by atoms with Gasteiger partial charge in [0.25, 0.3) is 0 Å². The number of aromatic amines is 1. The summed E-state index contributed by atoms with van der Waals surface area (Å²) in [4.78, 5) is 19.9. The van der Waals surface area contributed by atoms with Gasteiger partial charge in [0.15, 0.2) is 5.65 Å². The van der Waals surface area contributed by atoms with E-state index in [1.165, 1.54) is 0 Å². The van der Waals surface area contributed by atoms with Crippen LogP contribution < -0.4 is 10.1 Å². The topological polar surface area (TPSA) is 83.1 Å². The molecule has 1 unspecified atom stereocenters. The van der Waals surface area contributed by atoms with Crippen LogP contribution in [0.4, 0.5) is 0 Å². The largest absolute Gasteiger partial charge is 0.496 e. The third kappa shape index (κ3) is 4.77. The number of amides is 1. The van der Waals surface area contributed by atoms with E-state index in [1.54, 1.807) is 7.11 Å². The van der Waals surface area contributed by atoms with E-state index in [0.29, 0.717) is 5.65 Å². The molecule has 7 heteroatoms. The van der Waals surface area contributed by atoms with Crippen molar-refractivity contribution in [1.29, 1.82) is 0 Å². The standard InChI is InChI=1S/C28H31N5O2/c1-18(28(34)30-22-11-13-33(2)14-12-22)19-7-6-8-20(15-19)21-16-24-26(31-32-27(24)29-17-21)23-9-4-5-10-25(23)35-3/h4-10,15-18,22H,11-14H2,1-3H3,(H,30,34)(H,29,31,32). The van der Waals surface area contributed by atoms with Crippen molar-refractivity contribution in [2.24, 2.45) is 0 Å². The second-order valence-corrected chi connectivity index (χ2v) is 9.33. The zero-order valence-corrected chi connectivity index (χ0v) is 20.4. The van der Waals surface area contributed by atoms with Gasteiger partial charge in [-0.15, -0.1) is 0 Å². The number of hydrogen-bond acceptors (Lipinski definition) is 5. The lowest BCUT2D eigenvalue weighted by Crippen LogP contribution is -2.44. The fraction of sp³-hybridized carbons (Fsp3) is 0.321. The van der Waals surface area contributed by atoms with Crippen LogP contribution in [-0.2, 0) is 4.79 Å². The van der Waals surface area contributed by atoms with Gasteiger partial charge in [0.2, 0.25) is 5.91 Å². The number of benzene rings is 2. The van der Waals surface area contributed by atoms with E-state index in [4.69, 9.17) is 4.74 Å². The molecule has 2 aromatic heterocycles. The summed E-state index contributed by atoms with van der Waals surface area (Å²) in [6.07, 6.45) is 3.83. The van der Waals surface area contributed by atoms with Gasteiger partial charge in [0, 0.05) is 28.8 Å². The van der Waals surface area contributed by atoms with Gasteiger partial charge in [-0.3, -0.25) is 9.89 Å². The molecule has 0 saturated carbocycles. The Morgan fingerprint density at radius 3 is 2.71 bits per heavy atom. The Bertz CT molecular complexity index is 1340. The Balaban J connectivity index is 1.41. The molecule has 1 saturated heterocycles. The molecular formula is C28H31N5O2. The molecule has 1 fully saturated rings. The van der Waals surface area contributed by atoms with Gasteiger partial charge in [0.1, 0.15) is 5.75 Å². The second kappa shape index (κ2) is 9.88. The van der Waals surface area contributed by atoms with Crippen molar-refractivity contribution >= 4 is 16.9 Å². The summed E-state index contributed by atoms with van der Waals surface area (Å²) < 4.78 is 5.55. The number of pyridine rings is 1. The van der Waals surface area contributed by atoms with Gasteiger partial charge >= 0.3 is 0 Å². The van der Waals surface area contributed by atoms with Crippen LogP contribution in [0.1, 0.15) is 31.2 Å². The van der Waals surface area contributed by atoms with Gasteiger partial charge < -0.3 is 15.0 Å². The molecule has 1 aliphatic heterocycles. The summed E-state index contributed by atoms with van der Waals surface area (Å²) in [5.41, 5.74) is 5.43. The molecule has 2 N–H and O–H groups in total. The van der Waals surface area contributed by atoms with Gasteiger partial charge in [0.05, 0.1) is 18.7 Å². The summed E-state index contributed by atoms with van der Waals surface area (Å²) >= 11 is 0. The van der Waals surface area contributed by atoms with Crippen LogP contribution in [0.15, 0.2) is 60.8 Å². The van der Waals surface area contributed by atoms with Crippen molar-refractivity contribution < 1.29 is 9.53 Å². The zero-order chi connectivity index (χ0) is 24.4. The molecule has 180 valence electrons. The Morgan fingerprint density at radius 2 is 1.91 bits per heavy atom. The number of ether oxygens (including phenoxy) is 1. The number of nitrogens with one attached hydrogen (secondary N) is 2. The number of likely N-dealkylation sites (tertiary alicyclic amines) is 1. The molecule has 1 amide bonds. The molecule has 4 aromatic rings. The quantitative estimate of drug-likeness (QED) is 0.431. The lowest BCUT2D eigenvalue weighted by molar-refractivity contribution is -0.123. The SMILES string of the molecule is COc1ccccc1-c1[nH]nc2ncc(-c3cccc(C(C)C(=O)NC4CCN(C)CC4)c3)cc12. The van der Waals surface area contributed by atoms with E-state index < -0.39 is 0 Å². The van der Waals surface area contributed by atoms with Crippen LogP contribution >= 0.6 is 0 Å². The molecular weight excluding hydrogens is 438 g/mol. The van der Waals surface area contributed by atoms with Crippen molar-refractivity contribution in [3.63, 3.8) is 0 Å². The molecule has 0 aliphatic carbocycles. The van der Waals surface area contributed by atoms with Gasteiger partial charge in [-0.05, 0) is 69.2 Å². The maximum atomic E-state index is 13.0. The molecule has 1 aliphatic rings. The van der Waals surface area contributed by atoms with E-state index in [-0.39, 0.29) is 17.9 Å². The summed E-state index contributed by atoms with van der Waals surface area (Å²) in [5.74, 6) is 0.623. The number of para-hydroxylation sites is 1. The van der Waals surface area contributed by atoms with Crippen molar-refractivity contribution in [1.82, 2.24) is 25.4 Å². The highest BCUT2D eigenvalue weighted by Gasteiger charge is 2.22. The minimum Gasteiger partial charge on any atom is -0.496 e. The normalized spacial score (nSPS) is 15.7. The van der Waals surface area contributed by atoms with Crippen LogP contribution in [0, 0.1) is 0 Å². The highest BCUT2D eigenvalue weighted by Crippen LogP contribution is 2.34. The number of hydrogen-bond donors (Lipinski definition) is 2. The smallest absolute Gasteiger partial charge is 0.227 e. The molecule has 0 bridgehead atoms. The number of methoxy groups -OCH3 is 1. The minimum absolute atomic E-state index is 0.0820. The lowest BCUT2D eigenvalue weighted by atomic mass is 9.95. The summed E-state index contributed by atoms with van der Waals surface area (Å²) in [6.45, 7) is 4.02. The number of rotatable bonds is 6. The fourth-order valence-electron chi connectivity index (χ4n) is 4.73. The Hall–Kier alpha value is -3.71. The zero-order valence-electron chi connectivity index (χ0n) is 20.4. The minimum atomic E-state index is -0.232. The summed E-state index contributed by atoms with van der Waals surface area (Å²) in [5, 5.41) is 11.7. The number of carbonyl (C=O) groups is 1. The molecule has 7 nitrogen and oxygen atoms in total. The van der Waals surface area contributed by atoms with Crippen molar-refractivity contribution in [3.05, 3.63) is 66.4 Å². The van der Waals surface area contributed by atoms with Crippen LogP contribution in [0.25, 0.3) is 33.4 Å². The Kier molecular flexibility index (Phi) is 6.51.